The number of furan rings is 1. The van der Waals surface area contributed by atoms with E-state index in [-0.39, 0.29) is 0 Å². The summed E-state index contributed by atoms with van der Waals surface area (Å²) in [5.41, 5.74) is 3.29. The van der Waals surface area contributed by atoms with Gasteiger partial charge in [0.25, 0.3) is 0 Å². The third kappa shape index (κ3) is 2.71. The van der Waals surface area contributed by atoms with Crippen LogP contribution in [0.1, 0.15) is 47.3 Å². The number of benzene rings is 2. The van der Waals surface area contributed by atoms with Crippen LogP contribution in [0.15, 0.2) is 46.9 Å². The molecule has 1 nitrogen and oxygen atoms in total. The van der Waals surface area contributed by atoms with Crippen LogP contribution in [0.4, 0.5) is 0 Å². The summed E-state index contributed by atoms with van der Waals surface area (Å²) in [6, 6.07) is 16.3. The first-order valence-electron chi connectivity index (χ1n) is 9.26. The topological polar surface area (TPSA) is 13.1 Å². The van der Waals surface area contributed by atoms with Gasteiger partial charge in [-0.05, 0) is 22.9 Å². The van der Waals surface area contributed by atoms with Crippen molar-refractivity contribution in [2.75, 3.05) is 0 Å². The highest BCUT2D eigenvalue weighted by atomic mass is 28.3. The van der Waals surface area contributed by atoms with Gasteiger partial charge in [0, 0.05) is 11.4 Å². The predicted octanol–water partition coefficient (Wildman–Crippen LogP) is 7.35. The van der Waals surface area contributed by atoms with Crippen molar-refractivity contribution < 1.29 is 4.42 Å². The molecule has 0 aliphatic carbocycles. The fourth-order valence-electron chi connectivity index (χ4n) is 4.85. The maximum absolute atomic E-state index is 6.32. The normalized spacial score (nSPS) is 13.0. The zero-order chi connectivity index (χ0) is 17.5. The van der Waals surface area contributed by atoms with Crippen molar-refractivity contribution in [3.8, 4) is 0 Å². The quantitative estimate of drug-likeness (QED) is 0.443. The molecular weight excluding hydrogens is 308 g/mol. The molecule has 0 radical (unpaired) electrons. The number of hydrogen-bond donors (Lipinski definition) is 0. The Balaban J connectivity index is 2.10. The summed E-state index contributed by atoms with van der Waals surface area (Å²) in [7, 11) is -1.49. The molecule has 0 aliphatic rings. The standard InChI is InChI=1S/C22H30OSi/c1-15(2)24(16(3)4,17(5)6)14-19-13-21-20-10-8-7-9-18(20)11-12-22(21)23-19/h7-13,15-17H,14H2,1-6H3. The molecule has 2 aromatic carbocycles. The Hall–Kier alpha value is -1.54. The Bertz CT molecular complexity index is 820. The Morgan fingerprint density at radius 3 is 2.04 bits per heavy atom. The molecule has 0 N–H and O–H groups in total. The van der Waals surface area contributed by atoms with Gasteiger partial charge in [-0.1, -0.05) is 88.5 Å². The molecule has 24 heavy (non-hydrogen) atoms. The van der Waals surface area contributed by atoms with Crippen molar-refractivity contribution in [2.24, 2.45) is 0 Å². The average Bonchev–Trinajstić information content (AvgIpc) is 2.94. The number of hydrogen-bond acceptors (Lipinski definition) is 1. The second kappa shape index (κ2) is 6.40. The molecule has 0 fully saturated rings. The molecule has 1 aromatic heterocycles. The van der Waals surface area contributed by atoms with E-state index in [1.165, 1.54) is 21.9 Å². The third-order valence-electron chi connectivity index (χ3n) is 6.18. The lowest BCUT2D eigenvalue weighted by Crippen LogP contribution is -2.46. The van der Waals surface area contributed by atoms with Crippen LogP contribution in [-0.4, -0.2) is 8.07 Å². The van der Waals surface area contributed by atoms with E-state index in [9.17, 15) is 0 Å². The highest BCUT2D eigenvalue weighted by Gasteiger charge is 2.43. The molecule has 128 valence electrons. The highest BCUT2D eigenvalue weighted by Crippen LogP contribution is 2.44. The zero-order valence-corrected chi connectivity index (χ0v) is 16.9. The molecule has 0 atom stereocenters. The minimum absolute atomic E-state index is 0.752. The zero-order valence-electron chi connectivity index (χ0n) is 15.9. The van der Waals surface area contributed by atoms with Gasteiger partial charge in [0.2, 0.25) is 0 Å². The molecule has 0 bridgehead atoms. The molecule has 0 spiro atoms. The van der Waals surface area contributed by atoms with E-state index < -0.39 is 8.07 Å². The first-order chi connectivity index (χ1) is 11.4. The smallest absolute Gasteiger partial charge is 0.134 e. The summed E-state index contributed by atoms with van der Waals surface area (Å²) >= 11 is 0. The van der Waals surface area contributed by atoms with Crippen molar-refractivity contribution in [3.63, 3.8) is 0 Å². The van der Waals surface area contributed by atoms with Crippen molar-refractivity contribution in [2.45, 2.75) is 64.2 Å². The summed E-state index contributed by atoms with van der Waals surface area (Å²) in [5, 5.41) is 3.86. The second-order valence-electron chi connectivity index (χ2n) is 8.16. The monoisotopic (exact) mass is 338 g/mol. The molecule has 0 unspecified atom stereocenters. The second-order valence-corrected chi connectivity index (χ2v) is 14.2. The molecule has 1 heterocycles. The van der Waals surface area contributed by atoms with Gasteiger partial charge in [-0.15, -0.1) is 0 Å². The molecular formula is C22H30OSi. The lowest BCUT2D eigenvalue weighted by molar-refractivity contribution is 0.563. The van der Waals surface area contributed by atoms with Gasteiger partial charge in [-0.25, -0.2) is 0 Å². The minimum Gasteiger partial charge on any atom is -0.461 e. The minimum atomic E-state index is -1.49. The lowest BCUT2D eigenvalue weighted by atomic mass is 10.1. The van der Waals surface area contributed by atoms with Crippen LogP contribution in [0.2, 0.25) is 16.6 Å². The van der Waals surface area contributed by atoms with E-state index in [0.717, 1.165) is 28.3 Å². The van der Waals surface area contributed by atoms with E-state index in [1.54, 1.807) is 0 Å². The maximum atomic E-state index is 6.32. The Morgan fingerprint density at radius 1 is 0.792 bits per heavy atom. The van der Waals surface area contributed by atoms with Crippen molar-refractivity contribution in [1.82, 2.24) is 0 Å². The van der Waals surface area contributed by atoms with Gasteiger partial charge >= 0.3 is 0 Å². The molecule has 0 saturated heterocycles. The summed E-state index contributed by atoms with van der Waals surface area (Å²) in [6.07, 6.45) is 0. The Morgan fingerprint density at radius 2 is 1.42 bits per heavy atom. The van der Waals surface area contributed by atoms with Gasteiger partial charge in [0.05, 0.1) is 8.07 Å². The maximum Gasteiger partial charge on any atom is 0.134 e. The summed E-state index contributed by atoms with van der Waals surface area (Å²) in [5.74, 6) is 1.18. The van der Waals surface area contributed by atoms with Gasteiger partial charge in [-0.2, -0.15) is 0 Å². The third-order valence-corrected chi connectivity index (χ3v) is 13.6. The molecule has 0 aliphatic heterocycles. The molecule has 3 rings (SSSR count). The Kier molecular flexibility index (Phi) is 4.61. The molecule has 2 heteroatoms. The molecule has 0 amide bonds. The van der Waals surface area contributed by atoms with Crippen LogP contribution >= 0.6 is 0 Å². The summed E-state index contributed by atoms with van der Waals surface area (Å²) in [4.78, 5) is 0. The van der Waals surface area contributed by atoms with Crippen LogP contribution in [-0.2, 0) is 6.04 Å². The van der Waals surface area contributed by atoms with Crippen LogP contribution < -0.4 is 0 Å². The Labute approximate surface area is 147 Å². The van der Waals surface area contributed by atoms with Gasteiger partial charge in [0.15, 0.2) is 0 Å². The summed E-state index contributed by atoms with van der Waals surface area (Å²) in [6.45, 7) is 14.5. The van der Waals surface area contributed by atoms with E-state index >= 15 is 0 Å². The van der Waals surface area contributed by atoms with E-state index in [0.29, 0.717) is 0 Å². The van der Waals surface area contributed by atoms with Crippen molar-refractivity contribution in [3.05, 3.63) is 48.2 Å². The van der Waals surface area contributed by atoms with E-state index in [1.807, 2.05) is 0 Å². The van der Waals surface area contributed by atoms with Gasteiger partial charge < -0.3 is 4.42 Å². The van der Waals surface area contributed by atoms with Gasteiger partial charge in [-0.3, -0.25) is 0 Å². The van der Waals surface area contributed by atoms with E-state index in [4.69, 9.17) is 4.42 Å². The first kappa shape index (κ1) is 17.3. The predicted molar refractivity (Wildman–Crippen MR) is 108 cm³/mol. The van der Waals surface area contributed by atoms with Crippen LogP contribution in [0.3, 0.4) is 0 Å². The van der Waals surface area contributed by atoms with Crippen LogP contribution in [0.5, 0.6) is 0 Å². The molecule has 3 aromatic rings. The van der Waals surface area contributed by atoms with Crippen LogP contribution in [0, 0.1) is 0 Å². The number of fused-ring (bicyclic) bond motifs is 3. The van der Waals surface area contributed by atoms with Gasteiger partial charge in [0.1, 0.15) is 11.3 Å². The van der Waals surface area contributed by atoms with Crippen molar-refractivity contribution in [1.29, 1.82) is 0 Å². The molecule has 0 saturated carbocycles. The summed E-state index contributed by atoms with van der Waals surface area (Å²) < 4.78 is 6.32. The SMILES string of the molecule is CC(C)[Si](Cc1cc2c(ccc3ccccc32)o1)(C(C)C)C(C)C. The van der Waals surface area contributed by atoms with Crippen LogP contribution in [0.25, 0.3) is 21.7 Å². The van der Waals surface area contributed by atoms with E-state index in [2.05, 4.69) is 84.0 Å². The average molecular weight is 339 g/mol. The fourth-order valence-corrected chi connectivity index (χ4v) is 10.8. The number of rotatable bonds is 5. The van der Waals surface area contributed by atoms with Crippen molar-refractivity contribution >= 4 is 29.8 Å². The highest BCUT2D eigenvalue weighted by molar-refractivity contribution is 6.82. The first-order valence-corrected chi connectivity index (χ1v) is 11.7. The fraction of sp³-hybridized carbons (Fsp3) is 0.455. The lowest BCUT2D eigenvalue weighted by Gasteiger charge is -2.42. The largest absolute Gasteiger partial charge is 0.461 e.